The van der Waals surface area contributed by atoms with E-state index in [9.17, 15) is 13.2 Å². The minimum atomic E-state index is -3.53. The van der Waals surface area contributed by atoms with Gasteiger partial charge in [0.25, 0.3) is 5.91 Å². The molecule has 84 valence electrons. The molecule has 1 atom stereocenters. The SMILES string of the molecule is CCCS(=O)(=O)NC(=O)C(CN)OC. The summed E-state index contributed by atoms with van der Waals surface area (Å²) in [6.07, 6.45) is -0.468. The lowest BCUT2D eigenvalue weighted by molar-refractivity contribution is -0.128. The van der Waals surface area contributed by atoms with Crippen LogP contribution in [0.1, 0.15) is 13.3 Å². The fourth-order valence-electron chi connectivity index (χ4n) is 0.849. The van der Waals surface area contributed by atoms with Gasteiger partial charge in [0, 0.05) is 13.7 Å². The highest BCUT2D eigenvalue weighted by Crippen LogP contribution is 1.92. The van der Waals surface area contributed by atoms with Crippen LogP contribution in [0.2, 0.25) is 0 Å². The van der Waals surface area contributed by atoms with E-state index in [1.165, 1.54) is 7.11 Å². The first-order chi connectivity index (χ1) is 6.46. The molecule has 0 bridgehead atoms. The average molecular weight is 224 g/mol. The second-order valence-electron chi connectivity index (χ2n) is 2.75. The van der Waals surface area contributed by atoms with E-state index in [1.54, 1.807) is 6.92 Å². The minimum Gasteiger partial charge on any atom is -0.370 e. The van der Waals surface area contributed by atoms with Crippen molar-refractivity contribution in [2.45, 2.75) is 19.4 Å². The number of rotatable bonds is 6. The number of carbonyl (C=O) groups is 1. The molecule has 0 saturated carbocycles. The number of nitrogens with two attached hydrogens (primary N) is 1. The third-order valence-corrected chi connectivity index (χ3v) is 2.98. The molecular weight excluding hydrogens is 208 g/mol. The molecule has 0 radical (unpaired) electrons. The van der Waals surface area contributed by atoms with Gasteiger partial charge in [0.05, 0.1) is 5.75 Å². The van der Waals surface area contributed by atoms with Crippen LogP contribution in [0.4, 0.5) is 0 Å². The van der Waals surface area contributed by atoms with Crippen molar-refractivity contribution in [1.82, 2.24) is 4.72 Å². The van der Waals surface area contributed by atoms with E-state index in [-0.39, 0.29) is 12.3 Å². The van der Waals surface area contributed by atoms with E-state index in [2.05, 4.69) is 4.74 Å². The zero-order valence-corrected chi connectivity index (χ0v) is 9.13. The molecule has 0 aromatic rings. The number of sulfonamides is 1. The van der Waals surface area contributed by atoms with Crippen molar-refractivity contribution in [3.63, 3.8) is 0 Å². The predicted octanol–water partition coefficient (Wildman–Crippen LogP) is -1.18. The molecule has 0 saturated heterocycles. The van der Waals surface area contributed by atoms with Gasteiger partial charge in [-0.25, -0.2) is 8.42 Å². The van der Waals surface area contributed by atoms with Crippen molar-refractivity contribution in [3.05, 3.63) is 0 Å². The Morgan fingerprint density at radius 2 is 2.14 bits per heavy atom. The largest absolute Gasteiger partial charge is 0.370 e. The fourth-order valence-corrected chi connectivity index (χ4v) is 1.93. The van der Waals surface area contributed by atoms with Gasteiger partial charge in [-0.2, -0.15) is 0 Å². The summed E-state index contributed by atoms with van der Waals surface area (Å²) in [4.78, 5) is 11.2. The van der Waals surface area contributed by atoms with E-state index in [0.717, 1.165) is 0 Å². The lowest BCUT2D eigenvalue weighted by atomic mass is 10.3. The highest BCUT2D eigenvalue weighted by molar-refractivity contribution is 7.90. The summed E-state index contributed by atoms with van der Waals surface area (Å²) in [7, 11) is -2.24. The molecule has 0 rings (SSSR count). The van der Waals surface area contributed by atoms with Crippen molar-refractivity contribution >= 4 is 15.9 Å². The number of methoxy groups -OCH3 is 1. The number of carbonyl (C=O) groups excluding carboxylic acids is 1. The van der Waals surface area contributed by atoms with Gasteiger partial charge in [-0.05, 0) is 6.42 Å². The predicted molar refractivity (Wildman–Crippen MR) is 52.1 cm³/mol. The van der Waals surface area contributed by atoms with Gasteiger partial charge in [-0.3, -0.25) is 9.52 Å². The molecule has 0 aromatic heterocycles. The van der Waals surface area contributed by atoms with E-state index in [4.69, 9.17) is 5.73 Å². The van der Waals surface area contributed by atoms with Crippen molar-refractivity contribution in [2.75, 3.05) is 19.4 Å². The number of amides is 1. The summed E-state index contributed by atoms with van der Waals surface area (Å²) < 4.78 is 28.9. The number of nitrogens with one attached hydrogen (secondary N) is 1. The van der Waals surface area contributed by atoms with Crippen molar-refractivity contribution < 1.29 is 17.9 Å². The topological polar surface area (TPSA) is 98.5 Å². The summed E-state index contributed by atoms with van der Waals surface area (Å²) in [6, 6.07) is 0. The Labute approximate surface area is 83.9 Å². The number of hydrogen-bond acceptors (Lipinski definition) is 5. The maximum atomic E-state index is 11.2. The Kier molecular flexibility index (Phi) is 5.66. The Hall–Kier alpha value is -0.660. The molecule has 0 aliphatic carbocycles. The van der Waals surface area contributed by atoms with Gasteiger partial charge in [0.1, 0.15) is 6.10 Å². The smallest absolute Gasteiger partial charge is 0.263 e. The van der Waals surface area contributed by atoms with Crippen molar-refractivity contribution in [3.8, 4) is 0 Å². The first kappa shape index (κ1) is 13.3. The minimum absolute atomic E-state index is 0.0516. The second-order valence-corrected chi connectivity index (χ2v) is 4.59. The zero-order valence-electron chi connectivity index (χ0n) is 8.32. The number of ether oxygens (including phenoxy) is 1. The normalized spacial score (nSPS) is 13.6. The van der Waals surface area contributed by atoms with Crippen LogP contribution in [0.3, 0.4) is 0 Å². The molecule has 7 heteroatoms. The van der Waals surface area contributed by atoms with Gasteiger partial charge in [0.2, 0.25) is 10.0 Å². The van der Waals surface area contributed by atoms with E-state index < -0.39 is 22.0 Å². The Balaban J connectivity index is 4.31. The molecule has 0 aromatic carbocycles. The fraction of sp³-hybridized carbons (Fsp3) is 0.857. The maximum Gasteiger partial charge on any atom is 0.263 e. The molecule has 0 fully saturated rings. The van der Waals surface area contributed by atoms with Crippen LogP contribution in [-0.2, 0) is 19.6 Å². The molecule has 1 unspecified atom stereocenters. The third kappa shape index (κ3) is 4.54. The van der Waals surface area contributed by atoms with Crippen LogP contribution in [0.5, 0.6) is 0 Å². The van der Waals surface area contributed by atoms with Crippen LogP contribution in [0.25, 0.3) is 0 Å². The first-order valence-electron chi connectivity index (χ1n) is 4.24. The zero-order chi connectivity index (χ0) is 11.2. The molecule has 1 amide bonds. The standard InChI is InChI=1S/C7H16N2O4S/c1-3-4-14(11,12)9-7(10)6(5-8)13-2/h6H,3-5,8H2,1-2H3,(H,9,10). The van der Waals surface area contributed by atoms with Gasteiger partial charge in [-0.1, -0.05) is 6.92 Å². The monoisotopic (exact) mass is 224 g/mol. The molecule has 14 heavy (non-hydrogen) atoms. The van der Waals surface area contributed by atoms with Crippen LogP contribution < -0.4 is 10.5 Å². The lowest BCUT2D eigenvalue weighted by Gasteiger charge is -2.12. The van der Waals surface area contributed by atoms with Gasteiger partial charge in [-0.15, -0.1) is 0 Å². The van der Waals surface area contributed by atoms with E-state index in [0.29, 0.717) is 6.42 Å². The van der Waals surface area contributed by atoms with Crippen molar-refractivity contribution in [2.24, 2.45) is 5.73 Å². The van der Waals surface area contributed by atoms with Crippen molar-refractivity contribution in [1.29, 1.82) is 0 Å². The summed E-state index contributed by atoms with van der Waals surface area (Å²) >= 11 is 0. The van der Waals surface area contributed by atoms with Gasteiger partial charge >= 0.3 is 0 Å². The summed E-state index contributed by atoms with van der Waals surface area (Å²) in [5.41, 5.74) is 5.20. The van der Waals surface area contributed by atoms with Crippen LogP contribution >= 0.6 is 0 Å². The Morgan fingerprint density at radius 3 is 2.50 bits per heavy atom. The second kappa shape index (κ2) is 5.94. The van der Waals surface area contributed by atoms with E-state index >= 15 is 0 Å². The Bertz CT molecular complexity index is 271. The molecule has 3 N–H and O–H groups in total. The molecule has 0 aliphatic heterocycles. The van der Waals surface area contributed by atoms with Crippen LogP contribution in [0.15, 0.2) is 0 Å². The maximum absolute atomic E-state index is 11.2. The van der Waals surface area contributed by atoms with Crippen LogP contribution in [0, 0.1) is 0 Å². The third-order valence-electron chi connectivity index (χ3n) is 1.52. The summed E-state index contributed by atoms with van der Waals surface area (Å²) in [5.74, 6) is -0.803. The molecule has 0 aliphatic rings. The number of hydrogen-bond donors (Lipinski definition) is 2. The van der Waals surface area contributed by atoms with Gasteiger partial charge < -0.3 is 10.5 Å². The lowest BCUT2D eigenvalue weighted by Crippen LogP contribution is -2.43. The molecule has 6 nitrogen and oxygen atoms in total. The molecular formula is C7H16N2O4S. The highest BCUT2D eigenvalue weighted by Gasteiger charge is 2.20. The van der Waals surface area contributed by atoms with Gasteiger partial charge in [0.15, 0.2) is 0 Å². The Morgan fingerprint density at radius 1 is 1.57 bits per heavy atom. The highest BCUT2D eigenvalue weighted by atomic mass is 32.2. The molecule has 0 heterocycles. The summed E-state index contributed by atoms with van der Waals surface area (Å²) in [5, 5.41) is 0. The van der Waals surface area contributed by atoms with E-state index in [1.807, 2.05) is 4.72 Å². The van der Waals surface area contributed by atoms with Crippen LogP contribution in [-0.4, -0.2) is 39.8 Å². The average Bonchev–Trinajstić information content (AvgIpc) is 2.04. The molecule has 0 spiro atoms. The quantitative estimate of drug-likeness (QED) is 0.591. The summed E-state index contributed by atoms with van der Waals surface area (Å²) in [6.45, 7) is 1.66. The first-order valence-corrected chi connectivity index (χ1v) is 5.89.